The molecule has 0 aromatic carbocycles. The highest BCUT2D eigenvalue weighted by atomic mass is 16.4. The van der Waals surface area contributed by atoms with Crippen molar-refractivity contribution in [2.75, 3.05) is 0 Å². The first-order valence-electron chi connectivity index (χ1n) is 13.2. The Morgan fingerprint density at radius 3 is 2.47 bits per heavy atom. The van der Waals surface area contributed by atoms with Crippen molar-refractivity contribution in [1.29, 1.82) is 0 Å². The predicted molar refractivity (Wildman–Crippen MR) is 130 cm³/mol. The molecule has 180 valence electrons. The molecule has 8 atom stereocenters. The summed E-state index contributed by atoms with van der Waals surface area (Å²) in [6, 6.07) is 0. The number of allylic oxidation sites excluding steroid dienone is 4. The van der Waals surface area contributed by atoms with Gasteiger partial charge in [0, 0.05) is 0 Å². The average molecular weight is 443 g/mol. The molecular formula is C29H46O3. The summed E-state index contributed by atoms with van der Waals surface area (Å²) in [5.74, 6) is 1.48. The van der Waals surface area contributed by atoms with Crippen molar-refractivity contribution >= 4 is 5.97 Å². The maximum Gasteiger partial charge on any atom is 0.312 e. The number of hydrogen-bond donors (Lipinski definition) is 2. The SMILES string of the molecule is CC(C)=CCCC(C)C1CCC2C3=C(CC[C@@]21C)[C@@]1(C)CC[C@H](O)[C@@](C)(C(=O)O)C1CC3. The van der Waals surface area contributed by atoms with Crippen LogP contribution in [-0.4, -0.2) is 22.3 Å². The first kappa shape index (κ1) is 24.0. The maximum atomic E-state index is 12.3. The van der Waals surface area contributed by atoms with E-state index in [0.29, 0.717) is 17.8 Å². The van der Waals surface area contributed by atoms with Gasteiger partial charge in [0.15, 0.2) is 0 Å². The van der Waals surface area contributed by atoms with E-state index >= 15 is 0 Å². The number of rotatable bonds is 5. The van der Waals surface area contributed by atoms with E-state index in [0.717, 1.165) is 37.5 Å². The molecule has 0 saturated heterocycles. The summed E-state index contributed by atoms with van der Waals surface area (Å²) in [6.07, 6.45) is 12.7. The summed E-state index contributed by atoms with van der Waals surface area (Å²) in [4.78, 5) is 12.3. The van der Waals surface area contributed by atoms with Crippen molar-refractivity contribution in [3.63, 3.8) is 0 Å². The zero-order valence-electron chi connectivity index (χ0n) is 21.3. The minimum absolute atomic E-state index is 0.0413. The third-order valence-corrected chi connectivity index (χ3v) is 11.0. The van der Waals surface area contributed by atoms with Gasteiger partial charge in [0.2, 0.25) is 0 Å². The van der Waals surface area contributed by atoms with Crippen LogP contribution < -0.4 is 0 Å². The highest BCUT2D eigenvalue weighted by Gasteiger charge is 2.62. The molecular weight excluding hydrogens is 396 g/mol. The molecule has 0 amide bonds. The van der Waals surface area contributed by atoms with E-state index in [9.17, 15) is 15.0 Å². The first-order chi connectivity index (χ1) is 15.0. The Morgan fingerprint density at radius 2 is 1.81 bits per heavy atom. The van der Waals surface area contributed by atoms with Gasteiger partial charge in [-0.05, 0) is 119 Å². The van der Waals surface area contributed by atoms with Gasteiger partial charge in [-0.2, -0.15) is 0 Å². The number of aliphatic hydroxyl groups excluding tert-OH is 1. The van der Waals surface area contributed by atoms with E-state index in [1.165, 1.54) is 37.7 Å². The van der Waals surface area contributed by atoms with Crippen LogP contribution in [0.4, 0.5) is 0 Å². The molecule has 0 spiro atoms. The molecule has 2 fully saturated rings. The summed E-state index contributed by atoms with van der Waals surface area (Å²) < 4.78 is 0. The number of hydrogen-bond acceptors (Lipinski definition) is 2. The molecule has 4 aliphatic rings. The van der Waals surface area contributed by atoms with E-state index < -0.39 is 17.5 Å². The molecule has 0 aromatic rings. The smallest absolute Gasteiger partial charge is 0.312 e. The van der Waals surface area contributed by atoms with E-state index in [-0.39, 0.29) is 11.3 Å². The Labute approximate surface area is 195 Å². The third kappa shape index (κ3) is 3.44. The molecule has 0 heterocycles. The van der Waals surface area contributed by atoms with Crippen molar-refractivity contribution in [1.82, 2.24) is 0 Å². The summed E-state index contributed by atoms with van der Waals surface area (Å²) in [5.41, 5.74) is 4.06. The summed E-state index contributed by atoms with van der Waals surface area (Å²) in [5, 5.41) is 20.9. The molecule has 3 heteroatoms. The molecule has 32 heavy (non-hydrogen) atoms. The first-order valence-corrected chi connectivity index (χ1v) is 13.2. The second-order valence-electron chi connectivity index (χ2n) is 12.7. The maximum absolute atomic E-state index is 12.3. The normalized spacial score (nSPS) is 44.3. The van der Waals surface area contributed by atoms with Crippen LogP contribution in [0.5, 0.6) is 0 Å². The monoisotopic (exact) mass is 442 g/mol. The zero-order chi connectivity index (χ0) is 23.5. The quantitative estimate of drug-likeness (QED) is 0.444. The van der Waals surface area contributed by atoms with Gasteiger partial charge < -0.3 is 10.2 Å². The second kappa shape index (κ2) is 8.29. The standard InChI is InChI=1S/C29H46O3/c1-18(2)8-7-9-19(3)21-11-12-22-20-10-13-24-28(5,23(20)14-16-27(21,22)4)17-15-25(30)29(24,6)26(31)32/h8,19,21-22,24-25,30H,7,9-17H2,1-6H3,(H,31,32)/t19?,21?,22?,24?,25-,27+,28+,29-/m0/s1. The van der Waals surface area contributed by atoms with Crippen molar-refractivity contribution in [2.45, 2.75) is 112 Å². The molecule has 4 unspecified atom stereocenters. The topological polar surface area (TPSA) is 57.5 Å². The van der Waals surface area contributed by atoms with E-state index in [1.54, 1.807) is 11.1 Å². The lowest BCUT2D eigenvalue weighted by molar-refractivity contribution is -0.175. The fourth-order valence-electron chi connectivity index (χ4n) is 9.08. The second-order valence-corrected chi connectivity index (χ2v) is 12.7. The van der Waals surface area contributed by atoms with Gasteiger partial charge in [-0.1, -0.05) is 43.6 Å². The summed E-state index contributed by atoms with van der Waals surface area (Å²) in [7, 11) is 0. The number of aliphatic carboxylic acids is 1. The molecule has 3 nitrogen and oxygen atoms in total. The van der Waals surface area contributed by atoms with Crippen LogP contribution in [-0.2, 0) is 4.79 Å². The van der Waals surface area contributed by atoms with E-state index in [1.807, 2.05) is 6.92 Å². The molecule has 0 aliphatic heterocycles. The van der Waals surface area contributed by atoms with Gasteiger partial charge in [-0.3, -0.25) is 4.79 Å². The number of fused-ring (bicyclic) bond motifs is 4. The number of aliphatic hydroxyl groups is 1. The van der Waals surface area contributed by atoms with Crippen LogP contribution in [0.1, 0.15) is 106 Å². The van der Waals surface area contributed by atoms with Crippen molar-refractivity contribution in [3.8, 4) is 0 Å². The molecule has 0 radical (unpaired) electrons. The molecule has 2 saturated carbocycles. The minimum atomic E-state index is -1.02. The van der Waals surface area contributed by atoms with Crippen LogP contribution in [0.3, 0.4) is 0 Å². The Bertz CT molecular complexity index is 820. The lowest BCUT2D eigenvalue weighted by Crippen LogP contribution is -2.58. The Balaban J connectivity index is 1.62. The highest BCUT2D eigenvalue weighted by molar-refractivity contribution is 5.76. The largest absolute Gasteiger partial charge is 0.481 e. The van der Waals surface area contributed by atoms with E-state index in [2.05, 4.69) is 40.7 Å². The van der Waals surface area contributed by atoms with Crippen molar-refractivity contribution in [3.05, 3.63) is 22.8 Å². The predicted octanol–water partition coefficient (Wildman–Crippen LogP) is 7.15. The summed E-state index contributed by atoms with van der Waals surface area (Å²) >= 11 is 0. The zero-order valence-corrected chi connectivity index (χ0v) is 21.3. The number of carbonyl (C=O) groups is 1. The van der Waals surface area contributed by atoms with Gasteiger partial charge in [-0.25, -0.2) is 0 Å². The third-order valence-electron chi connectivity index (χ3n) is 11.0. The lowest BCUT2D eigenvalue weighted by atomic mass is 9.45. The van der Waals surface area contributed by atoms with Gasteiger partial charge in [-0.15, -0.1) is 0 Å². The molecule has 0 aromatic heterocycles. The van der Waals surface area contributed by atoms with Crippen molar-refractivity contribution in [2.24, 2.45) is 39.9 Å². The lowest BCUT2D eigenvalue weighted by Gasteiger charge is -2.59. The van der Waals surface area contributed by atoms with E-state index in [4.69, 9.17) is 0 Å². The van der Waals surface area contributed by atoms with Crippen LogP contribution in [0.2, 0.25) is 0 Å². The number of carboxylic acids is 1. The van der Waals surface area contributed by atoms with Gasteiger partial charge in [0.25, 0.3) is 0 Å². The van der Waals surface area contributed by atoms with Crippen molar-refractivity contribution < 1.29 is 15.0 Å². The van der Waals surface area contributed by atoms with Gasteiger partial charge in [0.1, 0.15) is 0 Å². The summed E-state index contributed by atoms with van der Waals surface area (Å²) in [6.45, 7) is 13.6. The van der Waals surface area contributed by atoms with Crippen LogP contribution in [0, 0.1) is 39.9 Å². The fraction of sp³-hybridized carbons (Fsp3) is 0.828. The molecule has 2 N–H and O–H groups in total. The fourth-order valence-corrected chi connectivity index (χ4v) is 9.08. The van der Waals surface area contributed by atoms with Gasteiger partial charge >= 0.3 is 5.97 Å². The Morgan fingerprint density at radius 1 is 1.09 bits per heavy atom. The highest BCUT2D eigenvalue weighted by Crippen LogP contribution is 2.68. The molecule has 0 bridgehead atoms. The molecule has 4 aliphatic carbocycles. The molecule has 4 rings (SSSR count). The van der Waals surface area contributed by atoms with Crippen LogP contribution >= 0.6 is 0 Å². The average Bonchev–Trinajstić information content (AvgIpc) is 3.08. The van der Waals surface area contributed by atoms with Gasteiger partial charge in [0.05, 0.1) is 11.5 Å². The van der Waals surface area contributed by atoms with Crippen LogP contribution in [0.25, 0.3) is 0 Å². The minimum Gasteiger partial charge on any atom is -0.481 e. The number of carboxylic acid groups (broad SMARTS) is 1. The Kier molecular flexibility index (Phi) is 6.23. The van der Waals surface area contributed by atoms with Crippen LogP contribution in [0.15, 0.2) is 22.8 Å². The Hall–Kier alpha value is -1.09.